The monoisotopic (exact) mass is 895 g/mol. The molecule has 6 aromatic rings. The molecule has 1 aliphatic carbocycles. The number of amides is 1. The van der Waals surface area contributed by atoms with Gasteiger partial charge in [0.25, 0.3) is 5.91 Å². The molecule has 2 saturated heterocycles. The van der Waals surface area contributed by atoms with Gasteiger partial charge in [-0.15, -0.1) is 31.7 Å². The van der Waals surface area contributed by atoms with E-state index in [1.807, 2.05) is 13.0 Å². The van der Waals surface area contributed by atoms with Crippen molar-refractivity contribution in [3.05, 3.63) is 128 Å². The maximum atomic E-state index is 13.2. The zero-order valence-electron chi connectivity index (χ0n) is 36.2. The molecule has 64 heavy (non-hydrogen) atoms. The van der Waals surface area contributed by atoms with Gasteiger partial charge in [-0.05, 0) is 107 Å². The molecule has 0 bridgehead atoms. The van der Waals surface area contributed by atoms with Crippen LogP contribution in [-0.2, 0) is 12.8 Å². The van der Waals surface area contributed by atoms with E-state index in [1.165, 1.54) is 22.4 Å². The van der Waals surface area contributed by atoms with Crippen LogP contribution in [0.2, 0.25) is 5.02 Å². The van der Waals surface area contributed by atoms with Crippen LogP contribution in [-0.4, -0.2) is 90.8 Å². The van der Waals surface area contributed by atoms with E-state index in [-0.39, 0.29) is 24.1 Å². The first-order valence-corrected chi connectivity index (χ1v) is 23.4. The largest absolute Gasteiger partial charge is 0.490 e. The first kappa shape index (κ1) is 42.0. The molecule has 7 heterocycles. The van der Waals surface area contributed by atoms with E-state index in [2.05, 4.69) is 89.2 Å². The molecule has 10 rings (SSSR count). The number of fused-ring (bicyclic) bond motifs is 4. The average molecular weight is 897 g/mol. The fourth-order valence-corrected chi connectivity index (χ4v) is 11.3. The number of halogens is 1. The normalized spacial score (nSPS) is 22.1. The molecular formula is C48H50ClN11O3S. The van der Waals surface area contributed by atoms with E-state index < -0.39 is 0 Å². The number of thiophene rings is 1. The second kappa shape index (κ2) is 17.9. The highest BCUT2D eigenvalue weighted by Crippen LogP contribution is 2.40. The van der Waals surface area contributed by atoms with Crippen molar-refractivity contribution in [2.45, 2.75) is 96.4 Å². The van der Waals surface area contributed by atoms with Crippen LogP contribution < -0.4 is 15.0 Å². The number of carbonyl (C=O) groups excluding carboxylic acids is 1. The first-order valence-electron chi connectivity index (χ1n) is 22.3. The molecular weight excluding hydrogens is 846 g/mol. The zero-order chi connectivity index (χ0) is 43.9. The summed E-state index contributed by atoms with van der Waals surface area (Å²) in [6.07, 6.45) is 10.4. The van der Waals surface area contributed by atoms with Crippen LogP contribution in [0.3, 0.4) is 0 Å². The van der Waals surface area contributed by atoms with Crippen LogP contribution in [0.15, 0.2) is 76.5 Å². The summed E-state index contributed by atoms with van der Waals surface area (Å²) in [5.41, 5.74) is 6.54. The molecule has 1 saturated carbocycles. The Kier molecular flexibility index (Phi) is 11.8. The number of piperazine rings is 1. The lowest BCUT2D eigenvalue weighted by Crippen LogP contribution is -2.56. The number of piperidine rings is 1. The lowest BCUT2D eigenvalue weighted by atomic mass is 9.86. The number of oxazole rings is 1. The van der Waals surface area contributed by atoms with E-state index in [0.717, 1.165) is 104 Å². The third-order valence-electron chi connectivity index (χ3n) is 13.4. The standard InChI is InChI=1S/C48H50ClN11O3S/c1-28-29(2)64-48-44(28)45(53-41(24-43-51-18-21-62-43)46-57-54-30(3)60(46)48)33-7-4-31(5-8-33)22-32-6-12-36-27-59(20-19-58(36)26-32)42-17-16-40(55-56-42)47(61)52-35-10-14-37(15-11-35)63-38-13-9-34(25-50)39(49)23-38/h4-5,7-9,13,16-18,21,23,32,35-37,41H,6,10-12,14-15,19-20,22,24,26-27H2,1-3H3,(H,52,61)/t32-,35?,36?,37?,41-/m0/s1. The van der Waals surface area contributed by atoms with Gasteiger partial charge in [0.1, 0.15) is 34.9 Å². The molecule has 0 spiro atoms. The summed E-state index contributed by atoms with van der Waals surface area (Å²) in [6, 6.07) is 20.2. The highest BCUT2D eigenvalue weighted by molar-refractivity contribution is 7.15. The number of rotatable bonds is 10. The van der Waals surface area contributed by atoms with Gasteiger partial charge in [-0.1, -0.05) is 35.9 Å². The molecule has 3 fully saturated rings. The molecule has 3 aliphatic heterocycles. The highest BCUT2D eigenvalue weighted by atomic mass is 35.5. The molecule has 1 unspecified atom stereocenters. The summed E-state index contributed by atoms with van der Waals surface area (Å²) in [5.74, 6) is 4.13. The van der Waals surface area contributed by atoms with E-state index in [0.29, 0.717) is 46.3 Å². The number of nitriles is 1. The van der Waals surface area contributed by atoms with Crippen LogP contribution in [0.1, 0.15) is 105 Å². The van der Waals surface area contributed by atoms with Crippen molar-refractivity contribution in [2.24, 2.45) is 10.9 Å². The van der Waals surface area contributed by atoms with Crippen LogP contribution in [0.5, 0.6) is 5.75 Å². The molecule has 14 nitrogen and oxygen atoms in total. The van der Waals surface area contributed by atoms with Crippen molar-refractivity contribution < 1.29 is 13.9 Å². The minimum atomic E-state index is -0.296. The topological polar surface area (TPSA) is 163 Å². The summed E-state index contributed by atoms with van der Waals surface area (Å²) >= 11 is 7.94. The van der Waals surface area contributed by atoms with Gasteiger partial charge in [0.05, 0.1) is 35.0 Å². The third-order valence-corrected chi connectivity index (χ3v) is 14.9. The predicted octanol–water partition coefficient (Wildman–Crippen LogP) is 7.96. The summed E-state index contributed by atoms with van der Waals surface area (Å²) < 4.78 is 14.0. The van der Waals surface area contributed by atoms with Crippen LogP contribution in [0, 0.1) is 38.0 Å². The lowest BCUT2D eigenvalue weighted by molar-refractivity contribution is 0.0887. The second-order valence-corrected chi connectivity index (χ2v) is 19.2. The lowest BCUT2D eigenvalue weighted by Gasteiger charge is -2.46. The number of carbonyl (C=O) groups is 1. The third kappa shape index (κ3) is 8.54. The first-order chi connectivity index (χ1) is 31.2. The number of nitrogens with zero attached hydrogens (tertiary/aromatic N) is 10. The Labute approximate surface area is 381 Å². The number of anilines is 1. The Morgan fingerprint density at radius 1 is 0.953 bits per heavy atom. The maximum Gasteiger partial charge on any atom is 0.272 e. The number of aryl methyl sites for hydroxylation is 2. The Bertz CT molecular complexity index is 2720. The molecule has 3 atom stereocenters. The average Bonchev–Trinajstić information content (AvgIpc) is 4.02. The Balaban J connectivity index is 0.726. The number of nitrogens with one attached hydrogen (secondary N) is 1. The van der Waals surface area contributed by atoms with Gasteiger partial charge in [-0.2, -0.15) is 5.26 Å². The molecule has 1 amide bonds. The number of hydrogen-bond donors (Lipinski definition) is 1. The summed E-state index contributed by atoms with van der Waals surface area (Å²) in [5, 5.41) is 31.8. The number of hydrogen-bond acceptors (Lipinski definition) is 13. The van der Waals surface area contributed by atoms with Gasteiger partial charge in [0, 0.05) is 60.3 Å². The Hall–Kier alpha value is -5.95. The number of aromatic nitrogens is 6. The number of aliphatic imine (C=N–C) groups is 1. The summed E-state index contributed by atoms with van der Waals surface area (Å²) in [4.78, 5) is 29.2. The highest BCUT2D eigenvalue weighted by Gasteiger charge is 2.35. The van der Waals surface area contributed by atoms with Gasteiger partial charge >= 0.3 is 0 Å². The van der Waals surface area contributed by atoms with Gasteiger partial charge in [-0.25, -0.2) is 4.98 Å². The molecule has 328 valence electrons. The van der Waals surface area contributed by atoms with Gasteiger partial charge < -0.3 is 19.4 Å². The minimum Gasteiger partial charge on any atom is -0.490 e. The summed E-state index contributed by atoms with van der Waals surface area (Å²) in [6.45, 7) is 10.2. The van der Waals surface area contributed by atoms with Crippen LogP contribution >= 0.6 is 22.9 Å². The van der Waals surface area contributed by atoms with Crippen molar-refractivity contribution in [2.75, 3.05) is 31.1 Å². The molecule has 1 N–H and O–H groups in total. The van der Waals surface area contributed by atoms with Crippen molar-refractivity contribution in [1.29, 1.82) is 5.26 Å². The van der Waals surface area contributed by atoms with Crippen molar-refractivity contribution in [3.63, 3.8) is 0 Å². The zero-order valence-corrected chi connectivity index (χ0v) is 37.8. The van der Waals surface area contributed by atoms with E-state index >= 15 is 0 Å². The van der Waals surface area contributed by atoms with Crippen molar-refractivity contribution >= 4 is 40.4 Å². The Morgan fingerprint density at radius 2 is 1.80 bits per heavy atom. The number of ether oxygens (including phenoxy) is 1. The van der Waals surface area contributed by atoms with E-state index in [9.17, 15) is 4.79 Å². The molecule has 2 aromatic carbocycles. The fourth-order valence-electron chi connectivity index (χ4n) is 9.86. The van der Waals surface area contributed by atoms with Crippen molar-refractivity contribution in [1.82, 2.24) is 40.2 Å². The smallest absolute Gasteiger partial charge is 0.272 e. The van der Waals surface area contributed by atoms with E-state index in [1.54, 1.807) is 48.1 Å². The van der Waals surface area contributed by atoms with Crippen LogP contribution in [0.25, 0.3) is 5.00 Å². The quantitative estimate of drug-likeness (QED) is 0.142. The molecule has 16 heteroatoms. The fraction of sp³-hybridized carbons (Fsp3) is 0.417. The van der Waals surface area contributed by atoms with Gasteiger partial charge in [-0.3, -0.25) is 19.3 Å². The van der Waals surface area contributed by atoms with Gasteiger partial charge in [0.15, 0.2) is 23.2 Å². The Morgan fingerprint density at radius 3 is 2.55 bits per heavy atom. The molecule has 4 aromatic heterocycles. The summed E-state index contributed by atoms with van der Waals surface area (Å²) in [7, 11) is 0. The van der Waals surface area contributed by atoms with Crippen molar-refractivity contribution in [3.8, 4) is 16.8 Å². The minimum absolute atomic E-state index is 0.0324. The van der Waals surface area contributed by atoms with Crippen LogP contribution in [0.4, 0.5) is 5.82 Å². The van der Waals surface area contributed by atoms with Gasteiger partial charge in [0.2, 0.25) is 0 Å². The predicted molar refractivity (Wildman–Crippen MR) is 245 cm³/mol. The second-order valence-electron chi connectivity index (χ2n) is 17.6. The number of benzene rings is 2. The molecule has 4 aliphatic rings. The molecule has 0 radical (unpaired) electrons. The van der Waals surface area contributed by atoms with E-state index in [4.69, 9.17) is 31.0 Å². The SMILES string of the molecule is Cc1sc2c(c1C)C(c1ccc(C[C@@H]3CCC4CN(c5ccc(C(=O)NC6CCC(Oc7ccc(C#N)c(Cl)c7)CC6)nn5)CCN4C3)cc1)=N[C@@H](Cc1ncco1)c1nnc(C)n1-2. The maximum absolute atomic E-state index is 13.2.